The quantitative estimate of drug-likeness (QED) is 0.381. The molecule has 0 aromatic heterocycles. The molecule has 0 atom stereocenters. The summed E-state index contributed by atoms with van der Waals surface area (Å²) in [5.41, 5.74) is 0. The predicted molar refractivity (Wildman–Crippen MR) is 38.8 cm³/mol. The summed E-state index contributed by atoms with van der Waals surface area (Å²) < 4.78 is 5.01. The van der Waals surface area contributed by atoms with Gasteiger partial charge in [-0.15, -0.1) is 5.34 Å². The number of rotatable bonds is 0. The zero-order chi connectivity index (χ0) is 6.95. The summed E-state index contributed by atoms with van der Waals surface area (Å²) in [7, 11) is 0. The first-order valence-corrected chi connectivity index (χ1v) is 2.65. The maximum absolute atomic E-state index is 8.00. The normalized spacial score (nSPS) is 15.6. The van der Waals surface area contributed by atoms with Gasteiger partial charge in [-0.05, 0) is 0 Å². The van der Waals surface area contributed by atoms with Gasteiger partial charge >= 0.3 is 0 Å². The molecule has 0 spiro atoms. The van der Waals surface area contributed by atoms with E-state index in [2.05, 4.69) is 5.32 Å². The number of nitrogens with zero attached hydrogens (tertiary/aromatic N) is 1. The van der Waals surface area contributed by atoms with Gasteiger partial charge in [0.15, 0.2) is 0 Å². The first-order chi connectivity index (χ1) is 4.41. The van der Waals surface area contributed by atoms with E-state index in [0.717, 1.165) is 31.6 Å². The Morgan fingerprint density at radius 3 is 1.90 bits per heavy atom. The third kappa shape index (κ3) is 10.3. The van der Waals surface area contributed by atoms with E-state index in [9.17, 15) is 0 Å². The van der Waals surface area contributed by atoms with Crippen molar-refractivity contribution in [1.29, 1.82) is 0 Å². The molecule has 0 saturated carbocycles. The fraction of sp³-hybridized carbons (Fsp3) is 1.00. The van der Waals surface area contributed by atoms with E-state index in [1.54, 1.807) is 0 Å². The predicted octanol–water partition coefficient (Wildman–Crippen LogP) is 0.233. The standard InChI is InChI=1S/C4H9NO.HNO2.H3N/c1-3-6-4-2-5-1;2-1-3;/h5H,1-4H2;(H,2,3);1H3. The van der Waals surface area contributed by atoms with Crippen molar-refractivity contribution in [3.05, 3.63) is 10.1 Å². The number of hydrogen-bond donors (Lipinski definition) is 2. The van der Waals surface area contributed by atoms with Gasteiger partial charge in [0, 0.05) is 13.1 Å². The highest BCUT2D eigenvalue weighted by atomic mass is 16.6. The molecule has 5 N–H and O–H groups in total. The van der Waals surface area contributed by atoms with Crippen LogP contribution in [0.25, 0.3) is 0 Å². The molecule has 0 aromatic rings. The second-order valence-corrected chi connectivity index (χ2v) is 1.44. The highest BCUT2D eigenvalue weighted by Gasteiger charge is 1.92. The summed E-state index contributed by atoms with van der Waals surface area (Å²) in [6, 6.07) is 0. The number of morpholine rings is 1. The molecule has 1 heterocycles. The first-order valence-electron chi connectivity index (χ1n) is 2.65. The topological polar surface area (TPSA) is 110 Å². The summed E-state index contributed by atoms with van der Waals surface area (Å²) in [6.45, 7) is 3.83. The van der Waals surface area contributed by atoms with Crippen molar-refractivity contribution < 1.29 is 4.74 Å². The lowest BCUT2D eigenvalue weighted by molar-refractivity contribution is 0.109. The van der Waals surface area contributed by atoms with E-state index in [1.807, 2.05) is 0 Å². The van der Waals surface area contributed by atoms with Gasteiger partial charge in [-0.1, -0.05) is 0 Å². The van der Waals surface area contributed by atoms with E-state index in [1.165, 1.54) is 0 Å². The van der Waals surface area contributed by atoms with E-state index in [0.29, 0.717) is 0 Å². The maximum Gasteiger partial charge on any atom is 0.0591 e. The molecule has 1 rings (SSSR count). The Labute approximate surface area is 59.1 Å². The molecule has 1 saturated heterocycles. The van der Waals surface area contributed by atoms with Gasteiger partial charge in [-0.3, -0.25) is 0 Å². The lowest BCUT2D eigenvalue weighted by atomic mass is 10.5. The lowest BCUT2D eigenvalue weighted by Crippen LogP contribution is -2.30. The van der Waals surface area contributed by atoms with Crippen LogP contribution in [0.2, 0.25) is 0 Å². The van der Waals surface area contributed by atoms with Gasteiger partial charge in [-0.2, -0.15) is 0 Å². The number of ether oxygens (including phenoxy) is 1. The van der Waals surface area contributed by atoms with Crippen molar-refractivity contribution in [2.75, 3.05) is 26.3 Å². The molecular weight excluding hydrogens is 138 g/mol. The number of nitrogens with one attached hydrogen (secondary N) is 1. The summed E-state index contributed by atoms with van der Waals surface area (Å²) in [6.07, 6.45) is 0. The summed E-state index contributed by atoms with van der Waals surface area (Å²) in [5.74, 6) is 0. The SMILES string of the molecule is C1COCCN1.O=N[O-].[NH4+]. The molecule has 0 amide bonds. The average Bonchev–Trinajstić information content (AvgIpc) is 1.93. The average molecular weight is 151 g/mol. The molecule has 6 nitrogen and oxygen atoms in total. The van der Waals surface area contributed by atoms with Gasteiger partial charge in [0.05, 0.1) is 13.2 Å². The monoisotopic (exact) mass is 151 g/mol. The second-order valence-electron chi connectivity index (χ2n) is 1.44. The van der Waals surface area contributed by atoms with Crippen LogP contribution in [0.3, 0.4) is 0 Å². The van der Waals surface area contributed by atoms with E-state index >= 15 is 0 Å². The van der Waals surface area contributed by atoms with Crippen LogP contribution in [-0.2, 0) is 4.74 Å². The van der Waals surface area contributed by atoms with Crippen LogP contribution in [0.5, 0.6) is 0 Å². The maximum atomic E-state index is 8.00. The van der Waals surface area contributed by atoms with Crippen molar-refractivity contribution in [3.63, 3.8) is 0 Å². The third-order valence-corrected chi connectivity index (χ3v) is 0.846. The minimum absolute atomic E-state index is 0. The lowest BCUT2D eigenvalue weighted by Gasteiger charge is -2.10. The Hall–Kier alpha value is -0.720. The summed E-state index contributed by atoms with van der Waals surface area (Å²) >= 11 is 0. The molecular formula is C4H13N3O3. The zero-order valence-corrected chi connectivity index (χ0v) is 6.00. The number of hydrogen-bond acceptors (Lipinski definition) is 5. The van der Waals surface area contributed by atoms with Crippen molar-refractivity contribution in [3.8, 4) is 0 Å². The highest BCUT2D eigenvalue weighted by Crippen LogP contribution is 1.76. The molecule has 0 bridgehead atoms. The summed E-state index contributed by atoms with van der Waals surface area (Å²) in [4.78, 5) is 8.00. The van der Waals surface area contributed by atoms with Gasteiger partial charge in [0.25, 0.3) is 0 Å². The van der Waals surface area contributed by atoms with E-state index < -0.39 is 0 Å². The van der Waals surface area contributed by atoms with Gasteiger partial charge in [0.1, 0.15) is 0 Å². The Morgan fingerprint density at radius 1 is 1.40 bits per heavy atom. The Bertz CT molecular complexity index is 55.3. The Kier molecular flexibility index (Phi) is 13.4. The molecule has 1 aliphatic rings. The summed E-state index contributed by atoms with van der Waals surface area (Å²) in [5, 5.41) is 12.2. The minimum Gasteiger partial charge on any atom is -0.444 e. The fourth-order valence-corrected chi connectivity index (χ4v) is 0.516. The highest BCUT2D eigenvalue weighted by molar-refractivity contribution is 4.49. The van der Waals surface area contributed by atoms with E-state index in [-0.39, 0.29) is 6.15 Å². The van der Waals surface area contributed by atoms with Crippen molar-refractivity contribution >= 4 is 0 Å². The van der Waals surface area contributed by atoms with E-state index in [4.69, 9.17) is 14.9 Å². The van der Waals surface area contributed by atoms with Crippen LogP contribution in [0.15, 0.2) is 5.34 Å². The zero-order valence-electron chi connectivity index (χ0n) is 6.00. The smallest absolute Gasteiger partial charge is 0.0591 e. The molecule has 0 unspecified atom stereocenters. The molecule has 1 aliphatic heterocycles. The second kappa shape index (κ2) is 11.1. The van der Waals surface area contributed by atoms with Crippen LogP contribution < -0.4 is 11.5 Å². The Balaban J connectivity index is 0. The molecule has 0 aromatic carbocycles. The van der Waals surface area contributed by atoms with Crippen LogP contribution in [0.4, 0.5) is 0 Å². The van der Waals surface area contributed by atoms with Gasteiger partial charge in [0.2, 0.25) is 0 Å². The van der Waals surface area contributed by atoms with Gasteiger partial charge in [-0.25, -0.2) is 0 Å². The largest absolute Gasteiger partial charge is 0.444 e. The minimum atomic E-state index is 0. The fourth-order valence-electron chi connectivity index (χ4n) is 0.516. The van der Waals surface area contributed by atoms with Crippen molar-refractivity contribution in [1.82, 2.24) is 11.5 Å². The van der Waals surface area contributed by atoms with Crippen molar-refractivity contribution in [2.24, 2.45) is 5.34 Å². The number of quaternary nitrogens is 1. The Morgan fingerprint density at radius 2 is 1.80 bits per heavy atom. The van der Waals surface area contributed by atoms with Crippen LogP contribution in [0, 0.1) is 10.1 Å². The van der Waals surface area contributed by atoms with Gasteiger partial charge < -0.3 is 26.3 Å². The molecule has 0 radical (unpaired) electrons. The molecule has 62 valence electrons. The molecule has 1 fully saturated rings. The molecule has 10 heavy (non-hydrogen) atoms. The van der Waals surface area contributed by atoms with Crippen LogP contribution in [0.1, 0.15) is 0 Å². The van der Waals surface area contributed by atoms with Crippen LogP contribution in [-0.4, -0.2) is 26.3 Å². The van der Waals surface area contributed by atoms with Crippen LogP contribution >= 0.6 is 0 Å². The molecule has 6 heteroatoms. The van der Waals surface area contributed by atoms with Crippen molar-refractivity contribution in [2.45, 2.75) is 0 Å². The molecule has 0 aliphatic carbocycles. The third-order valence-electron chi connectivity index (χ3n) is 0.846. The first kappa shape index (κ1) is 12.0.